The number of likely N-dealkylation sites (tertiary alicyclic amines) is 1. The Labute approximate surface area is 190 Å². The van der Waals surface area contributed by atoms with E-state index in [9.17, 15) is 18.8 Å². The highest BCUT2D eigenvalue weighted by atomic mass is 19.1. The van der Waals surface area contributed by atoms with Crippen LogP contribution in [-0.4, -0.2) is 46.5 Å². The Kier molecular flexibility index (Phi) is 5.66. The lowest BCUT2D eigenvalue weighted by Gasteiger charge is -2.17. The largest absolute Gasteiger partial charge is 0.356 e. The van der Waals surface area contributed by atoms with Crippen molar-refractivity contribution in [3.63, 3.8) is 0 Å². The lowest BCUT2D eigenvalue weighted by Crippen LogP contribution is -2.35. The molecule has 1 unspecified atom stereocenters. The molecule has 8 heteroatoms. The zero-order valence-corrected chi connectivity index (χ0v) is 18.1. The summed E-state index contributed by atoms with van der Waals surface area (Å²) in [5.41, 5.74) is 1.07. The van der Waals surface area contributed by atoms with E-state index in [1.165, 1.54) is 6.07 Å². The number of aromatic amines is 1. The zero-order valence-electron chi connectivity index (χ0n) is 18.1. The average Bonchev–Trinajstić information content (AvgIpc) is 3.53. The summed E-state index contributed by atoms with van der Waals surface area (Å²) in [5.74, 6) is -0.687. The number of rotatable bonds is 6. The zero-order chi connectivity index (χ0) is 22.9. The average molecular weight is 448 g/mol. The molecule has 33 heavy (non-hydrogen) atoms. The van der Waals surface area contributed by atoms with Crippen LogP contribution in [0.15, 0.2) is 47.3 Å². The first-order valence-electron chi connectivity index (χ1n) is 11.3. The molecule has 2 heterocycles. The Balaban J connectivity index is 1.32. The molecule has 0 bridgehead atoms. The normalized spacial score (nSPS) is 18.0. The van der Waals surface area contributed by atoms with Crippen molar-refractivity contribution in [2.45, 2.75) is 25.7 Å². The fraction of sp³-hybridized carbons (Fsp3) is 0.360. The van der Waals surface area contributed by atoms with Gasteiger partial charge in [-0.15, -0.1) is 0 Å². The van der Waals surface area contributed by atoms with Crippen LogP contribution < -0.4 is 10.9 Å². The Bertz CT molecular complexity index is 1280. The van der Waals surface area contributed by atoms with Crippen molar-refractivity contribution < 1.29 is 14.0 Å². The number of fused-ring (bicyclic) bond motifs is 1. The second kappa shape index (κ2) is 8.77. The third-order valence-electron chi connectivity index (χ3n) is 6.52. The second-order valence-electron chi connectivity index (χ2n) is 8.96. The van der Waals surface area contributed by atoms with E-state index in [2.05, 4.69) is 15.5 Å². The van der Waals surface area contributed by atoms with Crippen molar-refractivity contribution in [3.05, 3.63) is 75.5 Å². The van der Waals surface area contributed by atoms with Crippen molar-refractivity contribution in [3.8, 4) is 0 Å². The van der Waals surface area contributed by atoms with E-state index in [-0.39, 0.29) is 22.9 Å². The van der Waals surface area contributed by atoms with Gasteiger partial charge in [0.2, 0.25) is 5.91 Å². The van der Waals surface area contributed by atoms with Crippen LogP contribution in [-0.2, 0) is 11.2 Å². The lowest BCUT2D eigenvalue weighted by molar-refractivity contribution is -0.124. The molecule has 1 aromatic heterocycles. The highest BCUT2D eigenvalue weighted by molar-refractivity contribution is 5.95. The summed E-state index contributed by atoms with van der Waals surface area (Å²) in [6, 6.07) is 11.6. The van der Waals surface area contributed by atoms with E-state index < -0.39 is 11.7 Å². The van der Waals surface area contributed by atoms with Crippen molar-refractivity contribution >= 4 is 22.6 Å². The molecule has 5 rings (SSSR count). The molecule has 1 atom stereocenters. The van der Waals surface area contributed by atoms with Gasteiger partial charge in [-0.1, -0.05) is 24.3 Å². The Morgan fingerprint density at radius 1 is 1.12 bits per heavy atom. The fourth-order valence-electron chi connectivity index (χ4n) is 4.39. The number of amides is 2. The maximum atomic E-state index is 14.6. The molecule has 0 spiro atoms. The third-order valence-corrected chi connectivity index (χ3v) is 6.52. The molecule has 1 saturated carbocycles. The number of nitrogens with one attached hydrogen (secondary N) is 2. The topological polar surface area (TPSA) is 95.2 Å². The molecule has 7 nitrogen and oxygen atoms in total. The van der Waals surface area contributed by atoms with Gasteiger partial charge in [-0.25, -0.2) is 9.49 Å². The van der Waals surface area contributed by atoms with Gasteiger partial charge in [-0.3, -0.25) is 14.4 Å². The predicted molar refractivity (Wildman–Crippen MR) is 121 cm³/mol. The van der Waals surface area contributed by atoms with Gasteiger partial charge in [-0.05, 0) is 48.9 Å². The monoisotopic (exact) mass is 448 g/mol. The van der Waals surface area contributed by atoms with Crippen molar-refractivity contribution in [1.82, 2.24) is 20.4 Å². The summed E-state index contributed by atoms with van der Waals surface area (Å²) >= 11 is 0. The molecular weight excluding hydrogens is 423 g/mol. The predicted octanol–water partition coefficient (Wildman–Crippen LogP) is 2.64. The molecule has 1 aliphatic heterocycles. The quantitative estimate of drug-likeness (QED) is 0.606. The van der Waals surface area contributed by atoms with Gasteiger partial charge in [0.05, 0.1) is 22.6 Å². The first-order chi connectivity index (χ1) is 16.0. The maximum absolute atomic E-state index is 14.6. The van der Waals surface area contributed by atoms with Crippen LogP contribution in [0.1, 0.15) is 40.9 Å². The molecule has 0 radical (unpaired) electrons. The molecule has 2 fully saturated rings. The van der Waals surface area contributed by atoms with Crippen molar-refractivity contribution in [2.75, 3.05) is 19.6 Å². The van der Waals surface area contributed by atoms with E-state index in [1.807, 2.05) is 12.1 Å². The summed E-state index contributed by atoms with van der Waals surface area (Å²) in [6.45, 7) is 1.43. The Morgan fingerprint density at radius 3 is 2.70 bits per heavy atom. The second-order valence-corrected chi connectivity index (χ2v) is 8.96. The third kappa shape index (κ3) is 4.51. The van der Waals surface area contributed by atoms with E-state index in [0.29, 0.717) is 55.0 Å². The van der Waals surface area contributed by atoms with Crippen LogP contribution in [0.5, 0.6) is 0 Å². The summed E-state index contributed by atoms with van der Waals surface area (Å²) in [6.07, 6.45) is 3.24. The van der Waals surface area contributed by atoms with Crippen LogP contribution in [0, 0.1) is 17.7 Å². The lowest BCUT2D eigenvalue weighted by atomic mass is 10.0. The number of aromatic nitrogens is 2. The minimum Gasteiger partial charge on any atom is -0.356 e. The van der Waals surface area contributed by atoms with Gasteiger partial charge in [0.25, 0.3) is 11.5 Å². The number of H-pyrrole nitrogens is 1. The van der Waals surface area contributed by atoms with E-state index >= 15 is 0 Å². The number of hydrogen-bond donors (Lipinski definition) is 2. The minimum absolute atomic E-state index is 0.0136. The summed E-state index contributed by atoms with van der Waals surface area (Å²) in [7, 11) is 0. The molecular formula is C25H25FN4O3. The first-order valence-corrected chi connectivity index (χ1v) is 11.3. The Morgan fingerprint density at radius 2 is 1.91 bits per heavy atom. The molecule has 2 aromatic carbocycles. The standard InChI is InChI=1S/C25H25FN4O3/c26-21-8-7-16(12-22-18-3-1-2-4-19(18)24(32)29-28-22)11-20(21)25(33)30-10-9-17(14-30)23(31)27-13-15-5-6-15/h1-4,7-8,11,15,17H,5-6,9-10,12-14H2,(H,27,31)(H,29,32). The molecule has 1 aliphatic carbocycles. The molecule has 2 aliphatic rings. The number of hydrogen-bond acceptors (Lipinski definition) is 4. The Hall–Kier alpha value is -3.55. The number of carbonyl (C=O) groups is 2. The molecule has 1 saturated heterocycles. The minimum atomic E-state index is -0.593. The van der Waals surface area contributed by atoms with Crippen LogP contribution in [0.4, 0.5) is 4.39 Å². The van der Waals surface area contributed by atoms with Crippen LogP contribution in [0.2, 0.25) is 0 Å². The first kappa shape index (κ1) is 21.3. The number of benzene rings is 2. The van der Waals surface area contributed by atoms with Gasteiger partial charge in [0, 0.05) is 31.4 Å². The van der Waals surface area contributed by atoms with Crippen LogP contribution >= 0.6 is 0 Å². The van der Waals surface area contributed by atoms with E-state index in [1.54, 1.807) is 29.2 Å². The van der Waals surface area contributed by atoms with Crippen molar-refractivity contribution in [2.24, 2.45) is 11.8 Å². The van der Waals surface area contributed by atoms with Crippen molar-refractivity contribution in [1.29, 1.82) is 0 Å². The summed E-state index contributed by atoms with van der Waals surface area (Å²) in [5, 5.41) is 10.9. The number of halogens is 1. The molecule has 3 aromatic rings. The van der Waals surface area contributed by atoms with Gasteiger partial charge in [0.15, 0.2) is 0 Å². The highest BCUT2D eigenvalue weighted by Gasteiger charge is 2.33. The molecule has 2 amide bonds. The van der Waals surface area contributed by atoms with Crippen LogP contribution in [0.25, 0.3) is 10.8 Å². The molecule has 2 N–H and O–H groups in total. The van der Waals surface area contributed by atoms with Crippen LogP contribution in [0.3, 0.4) is 0 Å². The molecule has 170 valence electrons. The van der Waals surface area contributed by atoms with E-state index in [0.717, 1.165) is 18.2 Å². The van der Waals surface area contributed by atoms with E-state index in [4.69, 9.17) is 0 Å². The number of carbonyl (C=O) groups excluding carboxylic acids is 2. The fourth-order valence-corrected chi connectivity index (χ4v) is 4.39. The maximum Gasteiger partial charge on any atom is 0.272 e. The van der Waals surface area contributed by atoms with Gasteiger partial charge in [-0.2, -0.15) is 5.10 Å². The van der Waals surface area contributed by atoms with Gasteiger partial charge < -0.3 is 10.2 Å². The summed E-state index contributed by atoms with van der Waals surface area (Å²) in [4.78, 5) is 39.0. The number of nitrogens with zero attached hydrogens (tertiary/aromatic N) is 2. The SMILES string of the molecule is O=C(NCC1CC1)C1CCN(C(=O)c2cc(Cc3n[nH]c(=O)c4ccccc34)ccc2F)C1. The van der Waals surface area contributed by atoms with Gasteiger partial charge in [0.1, 0.15) is 5.82 Å². The highest BCUT2D eigenvalue weighted by Crippen LogP contribution is 2.28. The van der Waals surface area contributed by atoms with Gasteiger partial charge >= 0.3 is 0 Å². The smallest absolute Gasteiger partial charge is 0.272 e. The summed E-state index contributed by atoms with van der Waals surface area (Å²) < 4.78 is 14.6.